The molecule has 0 aromatic heterocycles. The molecule has 1 heterocycles. The molecule has 1 aromatic rings. The minimum Gasteiger partial charge on any atom is -0.434 e. The predicted octanol–water partition coefficient (Wildman–Crippen LogP) is 3.22. The molecular formula is C18H29F2IN4O. The second-order valence-corrected chi connectivity index (χ2v) is 6.54. The first-order valence-electron chi connectivity index (χ1n) is 8.65. The van der Waals surface area contributed by atoms with E-state index in [0.717, 1.165) is 25.2 Å². The van der Waals surface area contributed by atoms with E-state index in [2.05, 4.69) is 32.3 Å². The summed E-state index contributed by atoms with van der Waals surface area (Å²) in [5.41, 5.74) is 1.68. The molecule has 0 radical (unpaired) electrons. The minimum absolute atomic E-state index is 0. The van der Waals surface area contributed by atoms with E-state index in [1.165, 1.54) is 12.8 Å². The average molecular weight is 482 g/mol. The van der Waals surface area contributed by atoms with Crippen LogP contribution < -0.4 is 15.4 Å². The van der Waals surface area contributed by atoms with Crippen LogP contribution in [0.4, 0.5) is 8.78 Å². The fourth-order valence-electron chi connectivity index (χ4n) is 2.96. The van der Waals surface area contributed by atoms with Crippen LogP contribution in [0, 0.1) is 12.8 Å². The fourth-order valence-corrected chi connectivity index (χ4v) is 2.96. The number of likely N-dealkylation sites (tertiary alicyclic amines) is 1. The van der Waals surface area contributed by atoms with Crippen molar-refractivity contribution in [2.24, 2.45) is 10.9 Å². The van der Waals surface area contributed by atoms with E-state index in [1.807, 2.05) is 13.0 Å². The average Bonchev–Trinajstić information content (AvgIpc) is 2.58. The maximum atomic E-state index is 12.5. The number of piperidine rings is 1. The van der Waals surface area contributed by atoms with Crippen LogP contribution in [0.2, 0.25) is 0 Å². The molecule has 0 saturated carbocycles. The highest BCUT2D eigenvalue weighted by molar-refractivity contribution is 14.0. The summed E-state index contributed by atoms with van der Waals surface area (Å²) in [6, 6.07) is 5.18. The van der Waals surface area contributed by atoms with Gasteiger partial charge in [0.1, 0.15) is 5.75 Å². The third-order valence-corrected chi connectivity index (χ3v) is 4.50. The lowest BCUT2D eigenvalue weighted by atomic mass is 9.97. The Morgan fingerprint density at radius 1 is 1.31 bits per heavy atom. The van der Waals surface area contributed by atoms with Gasteiger partial charge in [-0.05, 0) is 51.9 Å². The highest BCUT2D eigenvalue weighted by atomic mass is 127. The Bertz CT molecular complexity index is 578. The summed E-state index contributed by atoms with van der Waals surface area (Å²) in [5.74, 6) is 1.49. The Kier molecular flexibility index (Phi) is 10.1. The quantitative estimate of drug-likeness (QED) is 0.372. The molecule has 0 bridgehead atoms. The summed E-state index contributed by atoms with van der Waals surface area (Å²) in [7, 11) is 3.85. The number of aryl methyl sites for hydroxylation is 1. The largest absolute Gasteiger partial charge is 0.434 e. The van der Waals surface area contributed by atoms with Crippen LogP contribution in [0.15, 0.2) is 23.2 Å². The molecule has 2 rings (SSSR count). The van der Waals surface area contributed by atoms with Gasteiger partial charge in [-0.25, -0.2) is 0 Å². The van der Waals surface area contributed by atoms with Crippen molar-refractivity contribution < 1.29 is 13.5 Å². The predicted molar refractivity (Wildman–Crippen MR) is 112 cm³/mol. The zero-order valence-electron chi connectivity index (χ0n) is 15.6. The van der Waals surface area contributed by atoms with Gasteiger partial charge in [-0.2, -0.15) is 8.78 Å². The van der Waals surface area contributed by atoms with E-state index in [-0.39, 0.29) is 29.7 Å². The van der Waals surface area contributed by atoms with Gasteiger partial charge in [-0.3, -0.25) is 4.99 Å². The van der Waals surface area contributed by atoms with Gasteiger partial charge >= 0.3 is 6.61 Å². The van der Waals surface area contributed by atoms with Gasteiger partial charge in [0.2, 0.25) is 0 Å². The standard InChI is InChI=1S/C18H28F2N4O.HI/c1-13-4-5-16(25-17(19)20)15(10-13)12-23-18(21-2)22-11-14-6-8-24(3)9-7-14;/h4-5,10,14,17H,6-9,11-12H2,1-3H3,(H2,21,22,23);1H. The van der Waals surface area contributed by atoms with Crippen LogP contribution in [0.3, 0.4) is 0 Å². The molecule has 0 atom stereocenters. The SMILES string of the molecule is CN=C(NCc1cc(C)ccc1OC(F)F)NCC1CCN(C)CC1.I. The normalized spacial score (nSPS) is 16.3. The number of guanidine groups is 1. The Balaban J connectivity index is 0.00000338. The van der Waals surface area contributed by atoms with Gasteiger partial charge < -0.3 is 20.3 Å². The Morgan fingerprint density at radius 3 is 2.62 bits per heavy atom. The van der Waals surface area contributed by atoms with Crippen molar-refractivity contribution in [1.82, 2.24) is 15.5 Å². The first-order valence-corrected chi connectivity index (χ1v) is 8.65. The number of aliphatic imine (C=N–C) groups is 1. The zero-order chi connectivity index (χ0) is 18.2. The monoisotopic (exact) mass is 482 g/mol. The molecule has 1 aliphatic rings. The number of hydrogen-bond acceptors (Lipinski definition) is 3. The summed E-state index contributed by atoms with van der Waals surface area (Å²) < 4.78 is 29.7. The van der Waals surface area contributed by atoms with Crippen molar-refractivity contribution in [3.63, 3.8) is 0 Å². The van der Waals surface area contributed by atoms with Crippen LogP contribution in [0.5, 0.6) is 5.75 Å². The number of hydrogen-bond donors (Lipinski definition) is 2. The highest BCUT2D eigenvalue weighted by Crippen LogP contribution is 2.22. The first-order chi connectivity index (χ1) is 12.0. The second-order valence-electron chi connectivity index (χ2n) is 6.54. The third kappa shape index (κ3) is 7.61. The molecule has 0 spiro atoms. The van der Waals surface area contributed by atoms with E-state index in [0.29, 0.717) is 24.0 Å². The Labute approximate surface area is 171 Å². The van der Waals surface area contributed by atoms with Gasteiger partial charge in [0, 0.05) is 25.7 Å². The van der Waals surface area contributed by atoms with Crippen LogP contribution in [-0.4, -0.2) is 51.2 Å². The number of benzene rings is 1. The van der Waals surface area contributed by atoms with Crippen LogP contribution >= 0.6 is 24.0 Å². The summed E-state index contributed by atoms with van der Waals surface area (Å²) in [4.78, 5) is 6.55. The van der Waals surface area contributed by atoms with Gasteiger partial charge in [0.05, 0.1) is 0 Å². The fraction of sp³-hybridized carbons (Fsp3) is 0.611. The first kappa shape index (κ1) is 22.9. The van der Waals surface area contributed by atoms with E-state index >= 15 is 0 Å². The molecule has 1 saturated heterocycles. The molecule has 1 fully saturated rings. The molecule has 5 nitrogen and oxygen atoms in total. The Hall–Kier alpha value is -1.16. The van der Waals surface area contributed by atoms with Crippen molar-refractivity contribution >= 4 is 29.9 Å². The lowest BCUT2D eigenvalue weighted by Gasteiger charge is -2.29. The molecule has 1 aliphatic heterocycles. The number of ether oxygens (including phenoxy) is 1. The van der Waals surface area contributed by atoms with E-state index in [4.69, 9.17) is 0 Å². The number of alkyl halides is 2. The zero-order valence-corrected chi connectivity index (χ0v) is 17.9. The molecular weight excluding hydrogens is 453 g/mol. The smallest absolute Gasteiger partial charge is 0.387 e. The van der Waals surface area contributed by atoms with Crippen molar-refractivity contribution in [1.29, 1.82) is 0 Å². The topological polar surface area (TPSA) is 48.9 Å². The van der Waals surface area contributed by atoms with Gasteiger partial charge in [0.25, 0.3) is 0 Å². The summed E-state index contributed by atoms with van der Waals surface area (Å²) in [5, 5.41) is 6.51. The number of halogens is 3. The van der Waals surface area contributed by atoms with Crippen molar-refractivity contribution in [2.45, 2.75) is 32.9 Å². The third-order valence-electron chi connectivity index (χ3n) is 4.50. The highest BCUT2D eigenvalue weighted by Gasteiger charge is 2.17. The molecule has 26 heavy (non-hydrogen) atoms. The minimum atomic E-state index is -2.83. The van der Waals surface area contributed by atoms with Crippen molar-refractivity contribution in [3.05, 3.63) is 29.3 Å². The maximum absolute atomic E-state index is 12.5. The number of nitrogens with one attached hydrogen (secondary N) is 2. The van der Waals surface area contributed by atoms with E-state index in [1.54, 1.807) is 19.2 Å². The summed E-state index contributed by atoms with van der Waals surface area (Å²) in [6.45, 7) is 2.57. The Morgan fingerprint density at radius 2 is 2.00 bits per heavy atom. The molecule has 8 heteroatoms. The lowest BCUT2D eigenvalue weighted by Crippen LogP contribution is -2.42. The molecule has 2 N–H and O–H groups in total. The molecule has 0 amide bonds. The maximum Gasteiger partial charge on any atom is 0.387 e. The van der Waals surface area contributed by atoms with Crippen molar-refractivity contribution in [2.75, 3.05) is 33.7 Å². The van der Waals surface area contributed by atoms with E-state index < -0.39 is 6.61 Å². The lowest BCUT2D eigenvalue weighted by molar-refractivity contribution is -0.0504. The van der Waals surface area contributed by atoms with E-state index in [9.17, 15) is 8.78 Å². The number of rotatable bonds is 6. The summed E-state index contributed by atoms with van der Waals surface area (Å²) in [6.07, 6.45) is 2.34. The van der Waals surface area contributed by atoms with Crippen molar-refractivity contribution in [3.8, 4) is 5.75 Å². The number of nitrogens with zero attached hydrogens (tertiary/aromatic N) is 2. The molecule has 1 aromatic carbocycles. The second kappa shape index (κ2) is 11.5. The van der Waals surface area contributed by atoms with Crippen LogP contribution in [0.1, 0.15) is 24.0 Å². The molecule has 148 valence electrons. The van der Waals surface area contributed by atoms with Crippen LogP contribution in [0.25, 0.3) is 0 Å². The molecule has 0 unspecified atom stereocenters. The van der Waals surface area contributed by atoms with Gasteiger partial charge in [-0.15, -0.1) is 24.0 Å². The molecule has 0 aliphatic carbocycles. The van der Waals surface area contributed by atoms with Gasteiger partial charge in [0.15, 0.2) is 5.96 Å². The van der Waals surface area contributed by atoms with Crippen LogP contribution in [-0.2, 0) is 6.54 Å². The van der Waals surface area contributed by atoms with Gasteiger partial charge in [-0.1, -0.05) is 17.7 Å². The summed E-state index contributed by atoms with van der Waals surface area (Å²) >= 11 is 0.